The molecule has 0 bridgehead atoms. The molecule has 0 aromatic carbocycles. The van der Waals surface area contributed by atoms with E-state index in [4.69, 9.17) is 0 Å². The largest absolute Gasteiger partial charge is 0.316 e. The van der Waals surface area contributed by atoms with E-state index in [0.717, 1.165) is 6.54 Å². The van der Waals surface area contributed by atoms with Crippen molar-refractivity contribution in [1.29, 1.82) is 0 Å². The predicted octanol–water partition coefficient (Wildman–Crippen LogP) is 3.23. The monoisotopic (exact) mass is 266 g/mol. The Kier molecular flexibility index (Phi) is 4.46. The molecule has 1 aliphatic heterocycles. The summed E-state index contributed by atoms with van der Waals surface area (Å²) in [6.07, 6.45) is 2.65. The van der Waals surface area contributed by atoms with Crippen LogP contribution in [0.5, 0.6) is 0 Å². The van der Waals surface area contributed by atoms with Gasteiger partial charge in [-0.05, 0) is 44.0 Å². The highest BCUT2D eigenvalue weighted by Crippen LogP contribution is 2.30. The van der Waals surface area contributed by atoms with E-state index < -0.39 is 0 Å². The lowest BCUT2D eigenvalue weighted by molar-refractivity contribution is 0.189. The molecule has 0 amide bonds. The van der Waals surface area contributed by atoms with Gasteiger partial charge in [-0.15, -0.1) is 11.3 Å². The van der Waals surface area contributed by atoms with Crippen molar-refractivity contribution < 1.29 is 0 Å². The highest BCUT2D eigenvalue weighted by molar-refractivity contribution is 7.12. The summed E-state index contributed by atoms with van der Waals surface area (Å²) in [4.78, 5) is 5.60. The summed E-state index contributed by atoms with van der Waals surface area (Å²) >= 11 is 1.98. The minimum atomic E-state index is 0.290. The number of thiophene rings is 1. The molecule has 18 heavy (non-hydrogen) atoms. The molecule has 0 spiro atoms. The summed E-state index contributed by atoms with van der Waals surface area (Å²) in [7, 11) is 2.08. The van der Waals surface area contributed by atoms with E-state index in [-0.39, 0.29) is 0 Å². The van der Waals surface area contributed by atoms with Gasteiger partial charge in [0.2, 0.25) is 0 Å². The lowest BCUT2D eigenvalue weighted by Gasteiger charge is -2.32. The number of nitrogens with zero attached hydrogens (tertiary/aromatic N) is 1. The van der Waals surface area contributed by atoms with Gasteiger partial charge in [0, 0.05) is 28.9 Å². The van der Waals surface area contributed by atoms with Gasteiger partial charge in [-0.1, -0.05) is 20.8 Å². The smallest absolute Gasteiger partial charge is 0.0328 e. The van der Waals surface area contributed by atoms with Gasteiger partial charge in [-0.3, -0.25) is 4.90 Å². The molecule has 0 radical (unpaired) electrons. The van der Waals surface area contributed by atoms with E-state index in [1.165, 1.54) is 35.7 Å². The van der Waals surface area contributed by atoms with E-state index >= 15 is 0 Å². The van der Waals surface area contributed by atoms with Gasteiger partial charge in [0.25, 0.3) is 0 Å². The Hall–Kier alpha value is -0.380. The summed E-state index contributed by atoms with van der Waals surface area (Å²) in [6, 6.07) is 5.30. The number of piperidine rings is 1. The van der Waals surface area contributed by atoms with Gasteiger partial charge in [0.05, 0.1) is 0 Å². The quantitative estimate of drug-likeness (QED) is 0.903. The second-order valence-electron chi connectivity index (χ2n) is 6.38. The first-order chi connectivity index (χ1) is 8.49. The van der Waals surface area contributed by atoms with Crippen LogP contribution < -0.4 is 5.32 Å². The van der Waals surface area contributed by atoms with Crippen LogP contribution in [0, 0.1) is 0 Å². The van der Waals surface area contributed by atoms with Gasteiger partial charge in [-0.2, -0.15) is 0 Å². The summed E-state index contributed by atoms with van der Waals surface area (Å²) in [5.74, 6) is 0. The van der Waals surface area contributed by atoms with Crippen LogP contribution in [-0.2, 0) is 12.0 Å². The first-order valence-electron chi connectivity index (χ1n) is 6.98. The molecular weight excluding hydrogens is 240 g/mol. The van der Waals surface area contributed by atoms with Crippen molar-refractivity contribution in [2.45, 2.75) is 51.6 Å². The fourth-order valence-electron chi connectivity index (χ4n) is 2.52. The molecule has 3 heteroatoms. The molecule has 1 N–H and O–H groups in total. The number of hydrogen-bond donors (Lipinski definition) is 1. The fourth-order valence-corrected chi connectivity index (χ4v) is 3.63. The van der Waals surface area contributed by atoms with Crippen LogP contribution in [0.4, 0.5) is 0 Å². The zero-order chi connectivity index (χ0) is 13.2. The zero-order valence-corrected chi connectivity index (χ0v) is 12.9. The van der Waals surface area contributed by atoms with Crippen molar-refractivity contribution >= 4 is 11.3 Å². The predicted molar refractivity (Wildman–Crippen MR) is 80.4 cm³/mol. The highest BCUT2D eigenvalue weighted by Gasteiger charge is 2.20. The highest BCUT2D eigenvalue weighted by atomic mass is 32.1. The summed E-state index contributed by atoms with van der Waals surface area (Å²) in [5.41, 5.74) is 0.290. The maximum absolute atomic E-state index is 3.41. The number of likely N-dealkylation sites (N-methyl/N-ethyl adjacent to an activating group) is 1. The number of rotatable bonds is 3. The summed E-state index contributed by atoms with van der Waals surface area (Å²) in [5, 5.41) is 3.41. The molecule has 2 rings (SSSR count). The molecule has 1 saturated heterocycles. The van der Waals surface area contributed by atoms with Crippen LogP contribution in [0.2, 0.25) is 0 Å². The maximum Gasteiger partial charge on any atom is 0.0328 e. The first kappa shape index (κ1) is 14.0. The minimum Gasteiger partial charge on any atom is -0.316 e. The van der Waals surface area contributed by atoms with Gasteiger partial charge in [-0.25, -0.2) is 0 Å². The molecule has 1 aromatic rings. The molecule has 2 heterocycles. The molecule has 0 aliphatic carbocycles. The number of hydrogen-bond acceptors (Lipinski definition) is 3. The van der Waals surface area contributed by atoms with Crippen molar-refractivity contribution in [3.05, 3.63) is 21.9 Å². The Labute approximate surface area is 115 Å². The Morgan fingerprint density at radius 3 is 2.78 bits per heavy atom. The van der Waals surface area contributed by atoms with Gasteiger partial charge in [0.15, 0.2) is 0 Å². The lowest BCUT2D eigenvalue weighted by Crippen LogP contribution is -2.43. The average Bonchev–Trinajstić information content (AvgIpc) is 2.77. The van der Waals surface area contributed by atoms with Crippen LogP contribution in [0.15, 0.2) is 12.1 Å². The van der Waals surface area contributed by atoms with Crippen LogP contribution in [0.3, 0.4) is 0 Å². The summed E-state index contributed by atoms with van der Waals surface area (Å²) < 4.78 is 0. The minimum absolute atomic E-state index is 0.290. The molecular formula is C15H26N2S. The van der Waals surface area contributed by atoms with Crippen molar-refractivity contribution in [2.24, 2.45) is 0 Å². The van der Waals surface area contributed by atoms with Crippen LogP contribution in [0.25, 0.3) is 0 Å². The standard InChI is InChI=1S/C15H26N2S/c1-15(2,3)14-8-7-13(18-14)11-17-9-5-6-12(10-17)16-4/h7-8,12,16H,5-6,9-11H2,1-4H3. The topological polar surface area (TPSA) is 15.3 Å². The molecule has 1 aliphatic rings. The maximum atomic E-state index is 3.41. The molecule has 2 nitrogen and oxygen atoms in total. The van der Waals surface area contributed by atoms with E-state index in [2.05, 4.69) is 50.2 Å². The lowest BCUT2D eigenvalue weighted by atomic mass is 9.95. The normalized spacial score (nSPS) is 22.3. The van der Waals surface area contributed by atoms with Gasteiger partial charge >= 0.3 is 0 Å². The molecule has 1 fully saturated rings. The number of likely N-dealkylation sites (tertiary alicyclic amines) is 1. The summed E-state index contributed by atoms with van der Waals surface area (Å²) in [6.45, 7) is 10.4. The molecule has 1 atom stereocenters. The second-order valence-corrected chi connectivity index (χ2v) is 7.55. The van der Waals surface area contributed by atoms with Gasteiger partial charge in [0.1, 0.15) is 0 Å². The van der Waals surface area contributed by atoms with Crippen molar-refractivity contribution in [1.82, 2.24) is 10.2 Å². The van der Waals surface area contributed by atoms with E-state index in [9.17, 15) is 0 Å². The van der Waals surface area contributed by atoms with E-state index in [0.29, 0.717) is 11.5 Å². The average molecular weight is 266 g/mol. The Bertz CT molecular complexity index is 378. The molecule has 1 aromatic heterocycles. The molecule has 0 saturated carbocycles. The third kappa shape index (κ3) is 3.56. The second kappa shape index (κ2) is 5.72. The number of nitrogens with one attached hydrogen (secondary N) is 1. The van der Waals surface area contributed by atoms with Crippen molar-refractivity contribution in [3.8, 4) is 0 Å². The molecule has 102 valence electrons. The third-order valence-corrected chi connectivity index (χ3v) is 5.19. The SMILES string of the molecule is CNC1CCCN(Cc2ccc(C(C)(C)C)s2)C1. The Balaban J connectivity index is 1.95. The third-order valence-electron chi connectivity index (χ3n) is 3.69. The van der Waals surface area contributed by atoms with E-state index in [1.54, 1.807) is 0 Å². The van der Waals surface area contributed by atoms with Crippen molar-refractivity contribution in [3.63, 3.8) is 0 Å². The Morgan fingerprint density at radius 2 is 2.17 bits per heavy atom. The zero-order valence-electron chi connectivity index (χ0n) is 12.1. The van der Waals surface area contributed by atoms with Crippen molar-refractivity contribution in [2.75, 3.05) is 20.1 Å². The fraction of sp³-hybridized carbons (Fsp3) is 0.733. The Morgan fingerprint density at radius 1 is 1.39 bits per heavy atom. The van der Waals surface area contributed by atoms with E-state index in [1.807, 2.05) is 11.3 Å². The van der Waals surface area contributed by atoms with Crippen LogP contribution in [-0.4, -0.2) is 31.1 Å². The molecule has 1 unspecified atom stereocenters. The van der Waals surface area contributed by atoms with Crippen LogP contribution in [0.1, 0.15) is 43.4 Å². The first-order valence-corrected chi connectivity index (χ1v) is 7.79. The van der Waals surface area contributed by atoms with Gasteiger partial charge < -0.3 is 5.32 Å². The van der Waals surface area contributed by atoms with Crippen LogP contribution >= 0.6 is 11.3 Å².